The summed E-state index contributed by atoms with van der Waals surface area (Å²) < 4.78 is 0. The Balaban J connectivity index is 2.14. The maximum absolute atomic E-state index is 13.3. The molecule has 14 heteroatoms. The highest BCUT2D eigenvalue weighted by atomic mass is 32.1. The van der Waals surface area contributed by atoms with Crippen LogP contribution in [0.15, 0.2) is 35.5 Å². The average Bonchev–Trinajstić information content (AvgIpc) is 3.30. The summed E-state index contributed by atoms with van der Waals surface area (Å²) in [5.41, 5.74) is 18.7. The number of amides is 3. The fraction of sp³-hybridized carbons (Fsp3) is 0.500. The fourth-order valence-electron chi connectivity index (χ4n) is 4.11. The third-order valence-electron chi connectivity index (χ3n) is 6.17. The molecule has 0 fully saturated rings. The Kier molecular flexibility index (Phi) is 12.7. The average molecular weight is 577 g/mol. The molecule has 0 aliphatic heterocycles. The second kappa shape index (κ2) is 15.7. The van der Waals surface area contributed by atoms with Gasteiger partial charge < -0.3 is 43.2 Å². The molecule has 0 bridgehead atoms. The Morgan fingerprint density at radius 2 is 1.62 bits per heavy atom. The van der Waals surface area contributed by atoms with Crippen LogP contribution in [0.5, 0.6) is 0 Å². The number of carboxylic acids is 1. The van der Waals surface area contributed by atoms with Crippen LogP contribution in [0.4, 0.5) is 0 Å². The molecule has 11 N–H and O–H groups in total. The molecule has 220 valence electrons. The van der Waals surface area contributed by atoms with E-state index in [-0.39, 0.29) is 43.4 Å². The summed E-state index contributed by atoms with van der Waals surface area (Å²) >= 11 is 3.96. The number of benzene rings is 1. The van der Waals surface area contributed by atoms with Crippen LogP contribution in [0.3, 0.4) is 0 Å². The monoisotopic (exact) mass is 576 g/mol. The number of nitrogens with two attached hydrogens (primary N) is 3. The number of nitrogens with zero attached hydrogens (tertiary/aromatic N) is 1. The third-order valence-corrected chi connectivity index (χ3v) is 6.53. The van der Waals surface area contributed by atoms with Crippen molar-refractivity contribution in [1.29, 1.82) is 0 Å². The fourth-order valence-corrected chi connectivity index (χ4v) is 4.36. The van der Waals surface area contributed by atoms with Gasteiger partial charge in [-0.2, -0.15) is 12.6 Å². The number of para-hydroxylation sites is 1. The van der Waals surface area contributed by atoms with Crippen LogP contribution >= 0.6 is 12.6 Å². The number of hydrogen-bond donors (Lipinski definition) is 9. The Bertz CT molecular complexity index is 1200. The Morgan fingerprint density at radius 3 is 2.25 bits per heavy atom. The van der Waals surface area contributed by atoms with Gasteiger partial charge in [-0.15, -0.1) is 0 Å². The molecule has 2 rings (SSSR count). The molecular formula is C26H40N8O5S. The molecule has 0 aliphatic rings. The molecule has 0 radical (unpaired) electrons. The van der Waals surface area contributed by atoms with Crippen LogP contribution in [-0.2, 0) is 25.6 Å². The van der Waals surface area contributed by atoms with E-state index in [1.165, 1.54) is 0 Å². The van der Waals surface area contributed by atoms with Crippen molar-refractivity contribution in [2.75, 3.05) is 12.3 Å². The largest absolute Gasteiger partial charge is 0.480 e. The van der Waals surface area contributed by atoms with E-state index in [1.807, 2.05) is 38.1 Å². The van der Waals surface area contributed by atoms with Crippen LogP contribution in [0.2, 0.25) is 0 Å². The number of aromatic nitrogens is 1. The Labute approximate surface area is 238 Å². The van der Waals surface area contributed by atoms with Crippen molar-refractivity contribution in [3.05, 3.63) is 36.0 Å². The Morgan fingerprint density at radius 1 is 1.00 bits per heavy atom. The lowest BCUT2D eigenvalue weighted by atomic mass is 10.0. The number of hydrogen-bond acceptors (Lipinski definition) is 7. The number of guanidine groups is 1. The summed E-state index contributed by atoms with van der Waals surface area (Å²) in [4.78, 5) is 57.7. The number of rotatable bonds is 16. The molecule has 1 aromatic carbocycles. The zero-order valence-electron chi connectivity index (χ0n) is 22.7. The summed E-state index contributed by atoms with van der Waals surface area (Å²) in [5, 5.41) is 18.0. The second-order valence-electron chi connectivity index (χ2n) is 9.95. The molecule has 2 aromatic rings. The molecule has 1 aromatic heterocycles. The van der Waals surface area contributed by atoms with Gasteiger partial charge in [-0.3, -0.25) is 19.4 Å². The van der Waals surface area contributed by atoms with Crippen LogP contribution in [-0.4, -0.2) is 76.2 Å². The highest BCUT2D eigenvalue weighted by Crippen LogP contribution is 2.19. The first-order valence-corrected chi connectivity index (χ1v) is 13.7. The van der Waals surface area contributed by atoms with Gasteiger partial charge in [-0.25, -0.2) is 4.79 Å². The molecule has 1 heterocycles. The SMILES string of the molecule is CC(C)CC(NC(=O)C(N)Cc1c[nH]c2ccccc12)C(=O)NC(CCCN=C(N)N)C(=O)NC(CS)C(=O)O. The molecule has 4 unspecified atom stereocenters. The summed E-state index contributed by atoms with van der Waals surface area (Å²) in [6, 6.07) is 3.40. The number of aliphatic imine (C=N–C) groups is 1. The number of thiol groups is 1. The van der Waals surface area contributed by atoms with Gasteiger partial charge in [0.05, 0.1) is 6.04 Å². The molecule has 0 saturated carbocycles. The molecule has 0 aliphatic carbocycles. The minimum absolute atomic E-state index is 0.0237. The lowest BCUT2D eigenvalue weighted by Crippen LogP contribution is -2.57. The van der Waals surface area contributed by atoms with Gasteiger partial charge in [-0.1, -0.05) is 32.0 Å². The maximum atomic E-state index is 13.3. The summed E-state index contributed by atoms with van der Waals surface area (Å²) in [6.45, 7) is 3.98. The van der Waals surface area contributed by atoms with E-state index < -0.39 is 47.9 Å². The zero-order chi connectivity index (χ0) is 29.8. The van der Waals surface area contributed by atoms with E-state index in [2.05, 4.69) is 38.6 Å². The van der Waals surface area contributed by atoms with Gasteiger partial charge in [0.1, 0.15) is 18.1 Å². The van der Waals surface area contributed by atoms with Crippen LogP contribution < -0.4 is 33.2 Å². The summed E-state index contributed by atoms with van der Waals surface area (Å²) in [5.74, 6) is -3.31. The molecule has 3 amide bonds. The maximum Gasteiger partial charge on any atom is 0.327 e. The Hall–Kier alpha value is -3.78. The van der Waals surface area contributed by atoms with Crippen LogP contribution in [0.1, 0.15) is 38.7 Å². The molecule has 0 saturated heterocycles. The molecular weight excluding hydrogens is 536 g/mol. The van der Waals surface area contributed by atoms with Gasteiger partial charge in [0.15, 0.2) is 5.96 Å². The van der Waals surface area contributed by atoms with E-state index in [0.29, 0.717) is 6.42 Å². The van der Waals surface area contributed by atoms with Crippen molar-refractivity contribution in [2.24, 2.45) is 28.1 Å². The second-order valence-corrected chi connectivity index (χ2v) is 10.3. The number of carbonyl (C=O) groups is 4. The van der Waals surface area contributed by atoms with E-state index in [4.69, 9.17) is 17.2 Å². The van der Waals surface area contributed by atoms with Crippen LogP contribution in [0, 0.1) is 5.92 Å². The lowest BCUT2D eigenvalue weighted by Gasteiger charge is -2.26. The van der Waals surface area contributed by atoms with Crippen molar-refractivity contribution in [2.45, 2.75) is 63.7 Å². The minimum Gasteiger partial charge on any atom is -0.480 e. The predicted octanol–water partition coefficient (Wildman–Crippen LogP) is -0.394. The number of carbonyl (C=O) groups excluding carboxylic acids is 3. The normalized spacial score (nSPS) is 14.1. The topological polar surface area (TPSA) is 231 Å². The number of H-pyrrole nitrogens is 1. The van der Waals surface area contributed by atoms with E-state index in [1.54, 1.807) is 6.20 Å². The van der Waals surface area contributed by atoms with Crippen molar-refractivity contribution in [3.8, 4) is 0 Å². The molecule has 13 nitrogen and oxygen atoms in total. The van der Waals surface area contributed by atoms with Gasteiger partial charge in [0, 0.05) is 29.4 Å². The molecule has 40 heavy (non-hydrogen) atoms. The predicted molar refractivity (Wildman–Crippen MR) is 157 cm³/mol. The smallest absolute Gasteiger partial charge is 0.327 e. The quantitative estimate of drug-likeness (QED) is 0.0551. The molecule has 4 atom stereocenters. The number of aromatic amines is 1. The summed E-state index contributed by atoms with van der Waals surface area (Å²) in [7, 11) is 0. The number of carboxylic acid groups (broad SMARTS) is 1. The zero-order valence-corrected chi connectivity index (χ0v) is 23.6. The standard InChI is InChI=1S/C26H40N8O5S/c1-14(2)10-20(33-22(35)17(27)11-15-12-31-18-7-4-3-6-16(15)18)24(37)32-19(8-5-9-30-26(28)29)23(36)34-21(13-40)25(38)39/h3-4,6-7,12,14,17,19-21,31,40H,5,8-11,13,27H2,1-2H3,(H,32,37)(H,33,35)(H,34,36)(H,38,39)(H4,28,29,30). The highest BCUT2D eigenvalue weighted by molar-refractivity contribution is 7.80. The van der Waals surface area contributed by atoms with E-state index in [9.17, 15) is 24.3 Å². The number of nitrogens with one attached hydrogen (secondary N) is 4. The van der Waals surface area contributed by atoms with Gasteiger partial charge in [0.2, 0.25) is 17.7 Å². The van der Waals surface area contributed by atoms with E-state index in [0.717, 1.165) is 16.5 Å². The summed E-state index contributed by atoms with van der Waals surface area (Å²) in [6.07, 6.45) is 2.79. The van der Waals surface area contributed by atoms with Crippen molar-refractivity contribution < 1.29 is 24.3 Å². The van der Waals surface area contributed by atoms with Crippen molar-refractivity contribution >= 4 is 53.2 Å². The van der Waals surface area contributed by atoms with Crippen LogP contribution in [0.25, 0.3) is 10.9 Å². The van der Waals surface area contributed by atoms with Gasteiger partial charge in [-0.05, 0) is 43.2 Å². The van der Waals surface area contributed by atoms with Crippen molar-refractivity contribution in [1.82, 2.24) is 20.9 Å². The van der Waals surface area contributed by atoms with Gasteiger partial charge in [0.25, 0.3) is 0 Å². The minimum atomic E-state index is -1.26. The third kappa shape index (κ3) is 10.1. The highest BCUT2D eigenvalue weighted by Gasteiger charge is 2.30. The first-order valence-electron chi connectivity index (χ1n) is 13.0. The number of aliphatic carboxylic acids is 1. The first-order chi connectivity index (χ1) is 18.9. The van der Waals surface area contributed by atoms with E-state index >= 15 is 0 Å². The lowest BCUT2D eigenvalue weighted by molar-refractivity contribution is -0.141. The van der Waals surface area contributed by atoms with Gasteiger partial charge >= 0.3 is 5.97 Å². The first kappa shape index (κ1) is 32.4. The number of fused-ring (bicyclic) bond motifs is 1. The van der Waals surface area contributed by atoms with Crippen molar-refractivity contribution in [3.63, 3.8) is 0 Å². The molecule has 0 spiro atoms.